The number of hydrogen-bond acceptors (Lipinski definition) is 3. The first kappa shape index (κ1) is 27.7. The Morgan fingerprint density at radius 2 is 1.46 bits per heavy atom. The normalized spacial score (nSPS) is 12.9. The Balaban J connectivity index is 1.95. The third-order valence-corrected chi connectivity index (χ3v) is 6.38. The molecule has 204 valence electrons. The highest BCUT2D eigenvalue weighted by Crippen LogP contribution is 2.22. The summed E-state index contributed by atoms with van der Waals surface area (Å²) in [6, 6.07) is 23.8. The molecule has 0 fully saturated rings. The van der Waals surface area contributed by atoms with E-state index in [9.17, 15) is 14.7 Å². The number of amides is 2. The summed E-state index contributed by atoms with van der Waals surface area (Å²) in [4.78, 5) is 29.1. The number of carbonyl (C=O) groups is 2. The van der Waals surface area contributed by atoms with Gasteiger partial charge in [-0.25, -0.2) is 9.59 Å². The summed E-state index contributed by atoms with van der Waals surface area (Å²) in [7, 11) is 0. The van der Waals surface area contributed by atoms with E-state index < -0.39 is 17.8 Å². The van der Waals surface area contributed by atoms with Crippen molar-refractivity contribution < 1.29 is 19.4 Å². The Bertz CT molecular complexity index is 1520. The van der Waals surface area contributed by atoms with Crippen LogP contribution in [0.4, 0.5) is 9.59 Å². The van der Waals surface area contributed by atoms with Crippen LogP contribution in [0.15, 0.2) is 77.8 Å². The van der Waals surface area contributed by atoms with Crippen LogP contribution < -0.4 is 10.9 Å². The minimum absolute atomic E-state index is 0.128. The van der Waals surface area contributed by atoms with Gasteiger partial charge in [0.25, 0.3) is 0 Å². The van der Waals surface area contributed by atoms with Crippen LogP contribution in [0.2, 0.25) is 0 Å². The van der Waals surface area contributed by atoms with Gasteiger partial charge >= 0.3 is 12.2 Å². The van der Waals surface area contributed by atoms with E-state index >= 15 is 0 Å². The Kier molecular flexibility index (Phi) is 8.24. The number of nitrogens with zero attached hydrogens (tertiary/aromatic N) is 3. The van der Waals surface area contributed by atoms with Crippen LogP contribution >= 0.6 is 0 Å². The third kappa shape index (κ3) is 7.16. The molecule has 4 rings (SSSR count). The number of aromatic nitrogens is 2. The zero-order valence-electron chi connectivity index (χ0n) is 23.1. The molecule has 0 bridgehead atoms. The second-order valence-corrected chi connectivity index (χ2v) is 10.9. The van der Waals surface area contributed by atoms with Crippen molar-refractivity contribution in [1.29, 1.82) is 0 Å². The third-order valence-electron chi connectivity index (χ3n) is 6.38. The molecule has 3 aromatic carbocycles. The lowest BCUT2D eigenvalue weighted by Crippen LogP contribution is -2.38. The van der Waals surface area contributed by atoms with Gasteiger partial charge in [-0.2, -0.15) is 0 Å². The molecule has 0 aliphatic carbocycles. The predicted octanol–water partition coefficient (Wildman–Crippen LogP) is 6.00. The smallest absolute Gasteiger partial charge is 0.437 e. The molecule has 1 atom stereocenters. The fourth-order valence-corrected chi connectivity index (χ4v) is 4.57. The zero-order valence-corrected chi connectivity index (χ0v) is 23.1. The lowest BCUT2D eigenvalue weighted by molar-refractivity contribution is 0.0593. The number of nitrogens with one attached hydrogen (secondary N) is 1. The number of ether oxygens (including phenoxy) is 1. The van der Waals surface area contributed by atoms with Crippen LogP contribution in [-0.4, -0.2) is 38.6 Å². The van der Waals surface area contributed by atoms with Crippen LogP contribution in [0.5, 0.6) is 0 Å². The fraction of sp³-hybridized carbons (Fsp3) is 0.323. The number of para-hydroxylation sites is 2. The SMILES string of the molecule is Cc1ccc(CC(CNC(=O)O)n2/c(=N\C(=O)OC(C)(C)C)n(Cc3ccc(C)cc3)c3ccccc32)cc1. The number of aryl methyl sites for hydroxylation is 2. The van der Waals surface area contributed by atoms with Crippen molar-refractivity contribution in [1.82, 2.24) is 14.5 Å². The molecular weight excluding hydrogens is 492 g/mol. The summed E-state index contributed by atoms with van der Waals surface area (Å²) in [5.41, 5.74) is 5.79. The van der Waals surface area contributed by atoms with Crippen molar-refractivity contribution in [2.24, 2.45) is 4.99 Å². The minimum atomic E-state index is -1.11. The zero-order chi connectivity index (χ0) is 28.2. The first-order valence-corrected chi connectivity index (χ1v) is 13.1. The molecular formula is C31H36N4O4. The van der Waals surface area contributed by atoms with Crippen molar-refractivity contribution in [3.05, 3.63) is 101 Å². The largest absolute Gasteiger partial charge is 0.465 e. The summed E-state index contributed by atoms with van der Waals surface area (Å²) < 4.78 is 9.54. The van der Waals surface area contributed by atoms with Gasteiger partial charge in [-0.3, -0.25) is 0 Å². The summed E-state index contributed by atoms with van der Waals surface area (Å²) in [6.45, 7) is 10.1. The second kappa shape index (κ2) is 11.6. The maximum Gasteiger partial charge on any atom is 0.437 e. The molecule has 4 aromatic rings. The van der Waals surface area contributed by atoms with Gasteiger partial charge in [0.05, 0.1) is 23.6 Å². The number of fused-ring (bicyclic) bond motifs is 1. The summed E-state index contributed by atoms with van der Waals surface area (Å²) in [5, 5.41) is 12.0. The van der Waals surface area contributed by atoms with E-state index in [0.717, 1.165) is 33.3 Å². The first-order chi connectivity index (χ1) is 18.5. The number of carbonyl (C=O) groups excluding carboxylic acids is 1. The van der Waals surface area contributed by atoms with Gasteiger partial charge < -0.3 is 24.3 Å². The van der Waals surface area contributed by atoms with E-state index in [-0.39, 0.29) is 12.6 Å². The number of carboxylic acid groups (broad SMARTS) is 1. The van der Waals surface area contributed by atoms with Crippen LogP contribution in [-0.2, 0) is 17.7 Å². The molecule has 1 aromatic heterocycles. The highest BCUT2D eigenvalue weighted by atomic mass is 16.6. The van der Waals surface area contributed by atoms with E-state index in [1.807, 2.05) is 71.5 Å². The molecule has 0 aliphatic rings. The molecule has 0 saturated carbocycles. The molecule has 1 unspecified atom stereocenters. The Hall–Kier alpha value is -4.33. The molecule has 39 heavy (non-hydrogen) atoms. The first-order valence-electron chi connectivity index (χ1n) is 13.1. The maximum absolute atomic E-state index is 13.1. The van der Waals surface area contributed by atoms with Gasteiger partial charge in [-0.05, 0) is 64.3 Å². The number of benzene rings is 3. The van der Waals surface area contributed by atoms with E-state index in [1.165, 1.54) is 0 Å². The Morgan fingerprint density at radius 1 is 0.897 bits per heavy atom. The van der Waals surface area contributed by atoms with E-state index in [4.69, 9.17) is 4.74 Å². The molecule has 1 heterocycles. The quantitative estimate of drug-likeness (QED) is 0.308. The van der Waals surface area contributed by atoms with Crippen LogP contribution in [0, 0.1) is 13.8 Å². The standard InChI is InChI=1S/C31H36N4O4/c1-21-10-14-23(15-11-21)18-25(19-32-29(36)37)35-27-9-7-6-8-26(27)34(20-24-16-12-22(2)13-17-24)28(35)33-30(38)39-31(3,4)5/h6-17,25,32H,18-20H2,1-5H3,(H,36,37)/b33-28-. The van der Waals surface area contributed by atoms with Crippen LogP contribution in [0.1, 0.15) is 49.1 Å². The van der Waals surface area contributed by atoms with Crippen LogP contribution in [0.3, 0.4) is 0 Å². The molecule has 8 heteroatoms. The van der Waals surface area contributed by atoms with Crippen molar-refractivity contribution in [2.45, 2.75) is 59.2 Å². The maximum atomic E-state index is 13.1. The van der Waals surface area contributed by atoms with Crippen molar-refractivity contribution in [3.8, 4) is 0 Å². The molecule has 2 N–H and O–H groups in total. The molecule has 0 spiro atoms. The average Bonchev–Trinajstić information content (AvgIpc) is 3.15. The van der Waals surface area contributed by atoms with Crippen molar-refractivity contribution in [2.75, 3.05) is 6.54 Å². The summed E-state index contributed by atoms with van der Waals surface area (Å²) in [6.07, 6.45) is -1.29. The molecule has 0 aliphatic heterocycles. The van der Waals surface area contributed by atoms with Crippen LogP contribution in [0.25, 0.3) is 11.0 Å². The van der Waals surface area contributed by atoms with Gasteiger partial charge in [0, 0.05) is 6.54 Å². The number of imidazole rings is 1. The molecule has 0 radical (unpaired) electrons. The lowest BCUT2D eigenvalue weighted by Gasteiger charge is -2.21. The van der Waals surface area contributed by atoms with Gasteiger partial charge in [-0.1, -0.05) is 71.8 Å². The summed E-state index contributed by atoms with van der Waals surface area (Å²) in [5.74, 6) is 0. The lowest BCUT2D eigenvalue weighted by atomic mass is 10.0. The Morgan fingerprint density at radius 3 is 2.03 bits per heavy atom. The molecule has 2 amide bonds. The Labute approximate surface area is 228 Å². The van der Waals surface area contributed by atoms with Crippen molar-refractivity contribution in [3.63, 3.8) is 0 Å². The molecule has 8 nitrogen and oxygen atoms in total. The fourth-order valence-electron chi connectivity index (χ4n) is 4.57. The monoisotopic (exact) mass is 528 g/mol. The number of rotatable bonds is 7. The summed E-state index contributed by atoms with van der Waals surface area (Å²) >= 11 is 0. The average molecular weight is 529 g/mol. The second-order valence-electron chi connectivity index (χ2n) is 10.9. The van der Waals surface area contributed by atoms with Crippen molar-refractivity contribution >= 4 is 23.2 Å². The number of hydrogen-bond donors (Lipinski definition) is 2. The topological polar surface area (TPSA) is 97.8 Å². The van der Waals surface area contributed by atoms with Gasteiger partial charge in [0.1, 0.15) is 5.60 Å². The highest BCUT2D eigenvalue weighted by molar-refractivity contribution is 5.77. The predicted molar refractivity (Wildman–Crippen MR) is 152 cm³/mol. The van der Waals surface area contributed by atoms with E-state index in [0.29, 0.717) is 18.6 Å². The minimum Gasteiger partial charge on any atom is -0.465 e. The van der Waals surface area contributed by atoms with E-state index in [2.05, 4.69) is 34.6 Å². The van der Waals surface area contributed by atoms with E-state index in [1.54, 1.807) is 20.8 Å². The highest BCUT2D eigenvalue weighted by Gasteiger charge is 2.23. The molecule has 0 saturated heterocycles. The van der Waals surface area contributed by atoms with Gasteiger partial charge in [0.15, 0.2) is 0 Å². The van der Waals surface area contributed by atoms with Gasteiger partial charge in [-0.15, -0.1) is 4.99 Å². The van der Waals surface area contributed by atoms with Gasteiger partial charge in [0.2, 0.25) is 5.62 Å².